The van der Waals surface area contributed by atoms with E-state index in [-0.39, 0.29) is 31.1 Å². The SMILES string of the molecule is CC/C=C\C/C=C\C/C=C\C/C=C\CCCCCCCCC(=O)OCC(COC(=O)CCC/C=C\CCCCCC)OC(=O)CCCCCCCC/C=C\C/C=C\C/C=C\C/C=C\CC. The third-order valence-electron chi connectivity index (χ3n) is 10.7. The molecule has 0 rings (SSSR count). The molecule has 6 heteroatoms. The Balaban J connectivity index is 4.40. The number of hydrogen-bond donors (Lipinski definition) is 0. The summed E-state index contributed by atoms with van der Waals surface area (Å²) in [6.45, 7) is 6.32. The van der Waals surface area contributed by atoms with Crippen molar-refractivity contribution in [3.63, 3.8) is 0 Å². The molecule has 0 saturated heterocycles. The van der Waals surface area contributed by atoms with Crippen LogP contribution in [0.25, 0.3) is 0 Å². The molecule has 0 aliphatic rings. The van der Waals surface area contributed by atoms with E-state index in [1.807, 2.05) is 0 Å². The van der Waals surface area contributed by atoms with E-state index in [1.54, 1.807) is 0 Å². The quantitative estimate of drug-likeness (QED) is 0.0262. The molecular weight excluding hydrogens is 805 g/mol. The van der Waals surface area contributed by atoms with E-state index < -0.39 is 6.10 Å². The second kappa shape index (κ2) is 52.7. The lowest BCUT2D eigenvalue weighted by Gasteiger charge is -2.18. The van der Waals surface area contributed by atoms with Crippen LogP contribution >= 0.6 is 0 Å². The molecule has 368 valence electrons. The molecule has 0 radical (unpaired) electrons. The van der Waals surface area contributed by atoms with Gasteiger partial charge in [0.15, 0.2) is 6.10 Å². The largest absolute Gasteiger partial charge is 0.462 e. The van der Waals surface area contributed by atoms with Crippen LogP contribution in [-0.4, -0.2) is 37.2 Å². The van der Waals surface area contributed by atoms with Gasteiger partial charge in [0.1, 0.15) is 13.2 Å². The first kappa shape index (κ1) is 61.1. The van der Waals surface area contributed by atoms with Crippen LogP contribution in [0.5, 0.6) is 0 Å². The fourth-order valence-electron chi connectivity index (χ4n) is 6.84. The molecule has 0 aliphatic carbocycles. The Morgan fingerprint density at radius 3 is 1.02 bits per heavy atom. The summed E-state index contributed by atoms with van der Waals surface area (Å²) in [5.41, 5.74) is 0. The monoisotopic (exact) mass is 901 g/mol. The number of hydrogen-bond acceptors (Lipinski definition) is 6. The van der Waals surface area contributed by atoms with E-state index in [4.69, 9.17) is 14.2 Å². The summed E-state index contributed by atoms with van der Waals surface area (Å²) in [6.07, 6.45) is 70.8. The summed E-state index contributed by atoms with van der Waals surface area (Å²) < 4.78 is 16.7. The Kier molecular flexibility index (Phi) is 49.5. The minimum absolute atomic E-state index is 0.102. The first-order valence-corrected chi connectivity index (χ1v) is 26.4. The van der Waals surface area contributed by atoms with Crippen LogP contribution in [0.15, 0.2) is 109 Å². The lowest BCUT2D eigenvalue weighted by molar-refractivity contribution is -0.167. The lowest BCUT2D eigenvalue weighted by Crippen LogP contribution is -2.30. The highest BCUT2D eigenvalue weighted by Gasteiger charge is 2.19. The Bertz CT molecular complexity index is 1360. The number of allylic oxidation sites excluding steroid dienone is 18. The molecule has 0 bridgehead atoms. The zero-order chi connectivity index (χ0) is 47.2. The van der Waals surface area contributed by atoms with Crippen molar-refractivity contribution in [2.75, 3.05) is 13.2 Å². The second-order valence-corrected chi connectivity index (χ2v) is 17.0. The van der Waals surface area contributed by atoms with Crippen molar-refractivity contribution in [3.8, 4) is 0 Å². The minimum atomic E-state index is -0.804. The van der Waals surface area contributed by atoms with Gasteiger partial charge in [-0.3, -0.25) is 14.4 Å². The molecule has 0 heterocycles. The molecule has 0 fully saturated rings. The maximum Gasteiger partial charge on any atom is 0.306 e. The van der Waals surface area contributed by atoms with Gasteiger partial charge in [-0.05, 0) is 116 Å². The van der Waals surface area contributed by atoms with Crippen molar-refractivity contribution < 1.29 is 28.6 Å². The van der Waals surface area contributed by atoms with Gasteiger partial charge in [0, 0.05) is 19.3 Å². The standard InChI is InChI=1S/C59H96O6/c1-4-7-10-13-16-19-21-23-25-27-29-31-33-35-37-40-43-46-49-52-58(61)64-55-56(54-63-57(60)51-48-45-42-39-18-15-12-9-6-3)65-59(62)53-50-47-44-41-38-36-34-32-30-28-26-24-22-20-17-14-11-8-5-2/h7-8,10-11,16-17,19-20,23-26,29-32,39,42,56H,4-6,9,12-15,18,21-22,27-28,33-38,40-41,43-55H2,1-3H3/b10-7-,11-8-,19-16-,20-17-,25-23-,26-24-,31-29-,32-30-,42-39-. The molecule has 0 aromatic heterocycles. The highest BCUT2D eigenvalue weighted by molar-refractivity contribution is 5.71. The van der Waals surface area contributed by atoms with Gasteiger partial charge < -0.3 is 14.2 Å². The highest BCUT2D eigenvalue weighted by Crippen LogP contribution is 2.13. The number of carbonyl (C=O) groups is 3. The summed E-state index contributed by atoms with van der Waals surface area (Å²) >= 11 is 0. The normalized spacial score (nSPS) is 13.0. The molecule has 1 atom stereocenters. The maximum absolute atomic E-state index is 12.8. The Hall–Kier alpha value is -3.93. The van der Waals surface area contributed by atoms with Crippen LogP contribution in [0.3, 0.4) is 0 Å². The lowest BCUT2D eigenvalue weighted by atomic mass is 10.1. The molecule has 0 aromatic rings. The molecule has 6 nitrogen and oxygen atoms in total. The van der Waals surface area contributed by atoms with Crippen LogP contribution in [0, 0.1) is 0 Å². The summed E-state index contributed by atoms with van der Waals surface area (Å²) in [5.74, 6) is -0.971. The van der Waals surface area contributed by atoms with Crippen LogP contribution in [-0.2, 0) is 28.6 Å². The highest BCUT2D eigenvalue weighted by atomic mass is 16.6. The van der Waals surface area contributed by atoms with Crippen molar-refractivity contribution in [2.45, 2.75) is 232 Å². The third-order valence-corrected chi connectivity index (χ3v) is 10.7. The molecule has 0 amide bonds. The summed E-state index contributed by atoms with van der Waals surface area (Å²) in [4.78, 5) is 37.9. The average Bonchev–Trinajstić information content (AvgIpc) is 3.30. The van der Waals surface area contributed by atoms with Gasteiger partial charge in [0.25, 0.3) is 0 Å². The number of esters is 3. The molecular formula is C59H96O6. The zero-order valence-corrected chi connectivity index (χ0v) is 42.0. The average molecular weight is 901 g/mol. The van der Waals surface area contributed by atoms with Gasteiger partial charge >= 0.3 is 17.9 Å². The van der Waals surface area contributed by atoms with E-state index >= 15 is 0 Å². The molecule has 1 unspecified atom stereocenters. The molecule has 0 aromatic carbocycles. The first-order chi connectivity index (χ1) is 32.0. The van der Waals surface area contributed by atoms with Crippen LogP contribution in [0.4, 0.5) is 0 Å². The predicted octanol–water partition coefficient (Wildman–Crippen LogP) is 17.5. The van der Waals surface area contributed by atoms with Gasteiger partial charge in [0.2, 0.25) is 0 Å². The molecule has 0 aliphatic heterocycles. The van der Waals surface area contributed by atoms with Gasteiger partial charge in [-0.25, -0.2) is 0 Å². The topological polar surface area (TPSA) is 78.9 Å². The Morgan fingerprint density at radius 1 is 0.323 bits per heavy atom. The molecule has 65 heavy (non-hydrogen) atoms. The summed E-state index contributed by atoms with van der Waals surface area (Å²) in [7, 11) is 0. The van der Waals surface area contributed by atoms with Crippen LogP contribution in [0.1, 0.15) is 226 Å². The fourth-order valence-corrected chi connectivity index (χ4v) is 6.84. The van der Waals surface area contributed by atoms with Crippen molar-refractivity contribution in [2.24, 2.45) is 0 Å². The maximum atomic E-state index is 12.8. The van der Waals surface area contributed by atoms with E-state index in [0.29, 0.717) is 25.7 Å². The van der Waals surface area contributed by atoms with E-state index in [1.165, 1.54) is 51.4 Å². The van der Waals surface area contributed by atoms with Gasteiger partial charge in [-0.15, -0.1) is 0 Å². The molecule has 0 spiro atoms. The second-order valence-electron chi connectivity index (χ2n) is 17.0. The van der Waals surface area contributed by atoms with E-state index in [2.05, 4.69) is 130 Å². The number of rotatable bonds is 46. The van der Waals surface area contributed by atoms with Gasteiger partial charge in [0.05, 0.1) is 0 Å². The fraction of sp³-hybridized carbons (Fsp3) is 0.644. The third kappa shape index (κ3) is 50.9. The zero-order valence-electron chi connectivity index (χ0n) is 42.0. The Morgan fingerprint density at radius 2 is 0.615 bits per heavy atom. The number of carbonyl (C=O) groups excluding carboxylic acids is 3. The molecule has 0 saturated carbocycles. The smallest absolute Gasteiger partial charge is 0.306 e. The van der Waals surface area contributed by atoms with Crippen molar-refractivity contribution >= 4 is 17.9 Å². The van der Waals surface area contributed by atoms with E-state index in [0.717, 1.165) is 128 Å². The number of unbranched alkanes of at least 4 members (excludes halogenated alkanes) is 17. The Labute approximate surface area is 400 Å². The molecule has 0 N–H and O–H groups in total. The first-order valence-electron chi connectivity index (χ1n) is 26.4. The predicted molar refractivity (Wildman–Crippen MR) is 279 cm³/mol. The van der Waals surface area contributed by atoms with Gasteiger partial charge in [-0.1, -0.05) is 201 Å². The van der Waals surface area contributed by atoms with Crippen LogP contribution in [0.2, 0.25) is 0 Å². The number of ether oxygens (including phenoxy) is 3. The summed E-state index contributed by atoms with van der Waals surface area (Å²) in [6, 6.07) is 0. The van der Waals surface area contributed by atoms with Crippen LogP contribution < -0.4 is 0 Å². The summed E-state index contributed by atoms with van der Waals surface area (Å²) in [5, 5.41) is 0. The minimum Gasteiger partial charge on any atom is -0.462 e. The van der Waals surface area contributed by atoms with E-state index in [9.17, 15) is 14.4 Å². The van der Waals surface area contributed by atoms with Gasteiger partial charge in [-0.2, -0.15) is 0 Å². The van der Waals surface area contributed by atoms with Crippen molar-refractivity contribution in [1.82, 2.24) is 0 Å². The van der Waals surface area contributed by atoms with Crippen molar-refractivity contribution in [1.29, 1.82) is 0 Å². The van der Waals surface area contributed by atoms with Crippen molar-refractivity contribution in [3.05, 3.63) is 109 Å².